The Morgan fingerprint density at radius 2 is 2.00 bits per heavy atom. The van der Waals surface area contributed by atoms with Gasteiger partial charge in [0.15, 0.2) is 0 Å². The zero-order valence-corrected chi connectivity index (χ0v) is 8.42. The second kappa shape index (κ2) is 4.77. The largest absolute Gasteiger partial charge is 0.458 e. The molecule has 0 amide bonds. The fraction of sp³-hybridized carbons (Fsp3) is 0.0909. The van der Waals surface area contributed by atoms with Crippen LogP contribution in [0.25, 0.3) is 0 Å². The van der Waals surface area contributed by atoms with Crippen LogP contribution >= 0.6 is 12.6 Å². The molecule has 0 unspecified atom stereocenters. The van der Waals surface area contributed by atoms with E-state index in [9.17, 15) is 0 Å². The lowest BCUT2D eigenvalue weighted by Crippen LogP contribution is -1.90. The molecule has 0 heterocycles. The van der Waals surface area contributed by atoms with Crippen LogP contribution in [0.4, 0.5) is 0 Å². The molecule has 68 valence electrons. The number of ether oxygens (including phenoxy) is 1. The molecule has 2 heteroatoms. The molecule has 1 aromatic rings. The fourth-order valence-electron chi connectivity index (χ4n) is 0.869. The number of hydrogen-bond donors (Lipinski definition) is 1. The van der Waals surface area contributed by atoms with Gasteiger partial charge >= 0.3 is 0 Å². The summed E-state index contributed by atoms with van der Waals surface area (Å²) in [7, 11) is 0. The van der Waals surface area contributed by atoms with Crippen molar-refractivity contribution < 1.29 is 4.74 Å². The first-order chi connectivity index (χ1) is 6.26. The second-order valence-corrected chi connectivity index (χ2v) is 3.01. The van der Waals surface area contributed by atoms with Gasteiger partial charge in [0.25, 0.3) is 0 Å². The van der Waals surface area contributed by atoms with Crippen molar-refractivity contribution in [1.29, 1.82) is 0 Å². The van der Waals surface area contributed by atoms with E-state index in [4.69, 9.17) is 4.74 Å². The monoisotopic (exact) mass is 192 g/mol. The lowest BCUT2D eigenvalue weighted by Gasteiger charge is -2.05. The predicted molar refractivity (Wildman–Crippen MR) is 58.3 cm³/mol. The van der Waals surface area contributed by atoms with Crippen molar-refractivity contribution in [3.63, 3.8) is 0 Å². The lowest BCUT2D eigenvalue weighted by molar-refractivity contribution is 0.443. The van der Waals surface area contributed by atoms with E-state index >= 15 is 0 Å². The summed E-state index contributed by atoms with van der Waals surface area (Å²) < 4.78 is 5.48. The number of allylic oxidation sites excluding steroid dienone is 2. The van der Waals surface area contributed by atoms with E-state index < -0.39 is 0 Å². The Labute approximate surface area is 84.1 Å². The molecule has 1 nitrogen and oxygen atoms in total. The van der Waals surface area contributed by atoms with Crippen molar-refractivity contribution in [3.05, 3.63) is 48.8 Å². The lowest BCUT2D eigenvalue weighted by atomic mass is 10.3. The van der Waals surface area contributed by atoms with E-state index in [-0.39, 0.29) is 0 Å². The fourth-order valence-corrected chi connectivity index (χ4v) is 1.02. The molecule has 0 saturated heterocycles. The van der Waals surface area contributed by atoms with Crippen molar-refractivity contribution >= 4 is 12.6 Å². The number of rotatable bonds is 3. The van der Waals surface area contributed by atoms with Crippen molar-refractivity contribution in [2.75, 3.05) is 0 Å². The summed E-state index contributed by atoms with van der Waals surface area (Å²) in [5, 5.41) is 0. The van der Waals surface area contributed by atoms with Gasteiger partial charge in [-0.2, -0.15) is 0 Å². The third-order valence-electron chi connectivity index (χ3n) is 1.56. The van der Waals surface area contributed by atoms with E-state index in [1.54, 1.807) is 6.08 Å². The highest BCUT2D eigenvalue weighted by Crippen LogP contribution is 2.16. The highest BCUT2D eigenvalue weighted by atomic mass is 32.1. The van der Waals surface area contributed by atoms with Gasteiger partial charge in [0, 0.05) is 4.90 Å². The molecule has 0 fully saturated rings. The minimum absolute atomic E-state index is 0.756. The van der Waals surface area contributed by atoms with Gasteiger partial charge in [0.05, 0.1) is 0 Å². The molecule has 0 radical (unpaired) electrons. The van der Waals surface area contributed by atoms with Gasteiger partial charge in [-0.25, -0.2) is 0 Å². The third kappa shape index (κ3) is 2.99. The van der Waals surface area contributed by atoms with Crippen LogP contribution in [0.5, 0.6) is 5.75 Å². The van der Waals surface area contributed by atoms with E-state index in [2.05, 4.69) is 19.2 Å². The van der Waals surface area contributed by atoms with Crippen LogP contribution in [-0.2, 0) is 0 Å². The molecule has 0 aliphatic rings. The normalized spacial score (nSPS) is 11.1. The van der Waals surface area contributed by atoms with Crippen LogP contribution in [0.1, 0.15) is 6.92 Å². The average molecular weight is 192 g/mol. The molecule has 0 bridgehead atoms. The summed E-state index contributed by atoms with van der Waals surface area (Å²) in [6.45, 7) is 5.54. The van der Waals surface area contributed by atoms with Crippen LogP contribution in [0.3, 0.4) is 0 Å². The minimum atomic E-state index is 0.756. The molecule has 0 spiro atoms. The van der Waals surface area contributed by atoms with Gasteiger partial charge in [0.1, 0.15) is 11.5 Å². The molecule has 1 rings (SSSR count). The van der Waals surface area contributed by atoms with E-state index in [1.807, 2.05) is 37.3 Å². The van der Waals surface area contributed by atoms with E-state index in [0.29, 0.717) is 0 Å². The molecular formula is C11H12OS. The summed E-state index contributed by atoms with van der Waals surface area (Å²) >= 11 is 4.18. The van der Waals surface area contributed by atoms with E-state index in [1.165, 1.54) is 0 Å². The molecule has 0 N–H and O–H groups in total. The Kier molecular flexibility index (Phi) is 3.65. The van der Waals surface area contributed by atoms with Crippen molar-refractivity contribution in [2.45, 2.75) is 11.8 Å². The molecule has 0 aromatic heterocycles. The van der Waals surface area contributed by atoms with E-state index in [0.717, 1.165) is 16.4 Å². The Bertz CT molecular complexity index is 311. The predicted octanol–water partition coefficient (Wildman–Crippen LogP) is 3.44. The van der Waals surface area contributed by atoms with Crippen molar-refractivity contribution in [2.24, 2.45) is 0 Å². The molecule has 0 aliphatic carbocycles. The van der Waals surface area contributed by atoms with Gasteiger partial charge in [-0.3, -0.25) is 0 Å². The first-order valence-corrected chi connectivity index (χ1v) is 4.46. The molecular weight excluding hydrogens is 180 g/mol. The molecule has 0 atom stereocenters. The van der Waals surface area contributed by atoms with Gasteiger partial charge in [-0.05, 0) is 43.3 Å². The highest BCUT2D eigenvalue weighted by molar-refractivity contribution is 7.80. The Balaban J connectivity index is 2.74. The van der Waals surface area contributed by atoms with Crippen LogP contribution in [-0.4, -0.2) is 0 Å². The Hall–Kier alpha value is -1.15. The minimum Gasteiger partial charge on any atom is -0.458 e. The SMILES string of the molecule is C=C/C(=C\C)Oc1ccc(S)cc1. The molecule has 0 saturated carbocycles. The Morgan fingerprint density at radius 1 is 1.38 bits per heavy atom. The number of benzene rings is 1. The molecule has 0 aliphatic heterocycles. The maximum atomic E-state index is 5.48. The summed E-state index contributed by atoms with van der Waals surface area (Å²) in [6.07, 6.45) is 3.54. The second-order valence-electron chi connectivity index (χ2n) is 2.49. The van der Waals surface area contributed by atoms with Crippen molar-refractivity contribution in [3.8, 4) is 5.75 Å². The summed E-state index contributed by atoms with van der Waals surface area (Å²) in [5.41, 5.74) is 0. The first kappa shape index (κ1) is 9.93. The molecule has 1 aromatic carbocycles. The zero-order chi connectivity index (χ0) is 9.68. The van der Waals surface area contributed by atoms with Gasteiger partial charge in [-0.15, -0.1) is 12.6 Å². The van der Waals surface area contributed by atoms with Crippen LogP contribution in [0.2, 0.25) is 0 Å². The number of hydrogen-bond acceptors (Lipinski definition) is 2. The van der Waals surface area contributed by atoms with Crippen LogP contribution in [0, 0.1) is 0 Å². The van der Waals surface area contributed by atoms with Gasteiger partial charge < -0.3 is 4.74 Å². The van der Waals surface area contributed by atoms with Gasteiger partial charge in [0.2, 0.25) is 0 Å². The summed E-state index contributed by atoms with van der Waals surface area (Å²) in [5.74, 6) is 1.55. The topological polar surface area (TPSA) is 9.23 Å². The summed E-state index contributed by atoms with van der Waals surface area (Å²) in [4.78, 5) is 0.924. The summed E-state index contributed by atoms with van der Waals surface area (Å²) in [6, 6.07) is 7.51. The quantitative estimate of drug-likeness (QED) is 0.438. The Morgan fingerprint density at radius 3 is 2.46 bits per heavy atom. The van der Waals surface area contributed by atoms with Gasteiger partial charge in [-0.1, -0.05) is 6.58 Å². The standard InChI is InChI=1S/C11H12OS/c1-3-9(4-2)12-10-5-7-11(13)8-6-10/h3-8,13H,1H2,2H3/b9-4+. The smallest absolute Gasteiger partial charge is 0.127 e. The third-order valence-corrected chi connectivity index (χ3v) is 1.86. The highest BCUT2D eigenvalue weighted by Gasteiger charge is 1.94. The molecule has 13 heavy (non-hydrogen) atoms. The van der Waals surface area contributed by atoms with Crippen molar-refractivity contribution in [1.82, 2.24) is 0 Å². The van der Waals surface area contributed by atoms with Crippen LogP contribution < -0.4 is 4.74 Å². The zero-order valence-electron chi connectivity index (χ0n) is 7.53. The number of thiol groups is 1. The maximum Gasteiger partial charge on any atom is 0.127 e. The first-order valence-electron chi connectivity index (χ1n) is 4.02. The maximum absolute atomic E-state index is 5.48. The van der Waals surface area contributed by atoms with Crippen LogP contribution in [0.15, 0.2) is 53.7 Å². The average Bonchev–Trinajstić information content (AvgIpc) is 2.17.